The second-order valence-electron chi connectivity index (χ2n) is 10.5. The Hall–Kier alpha value is -3.12. The van der Waals surface area contributed by atoms with Crippen molar-refractivity contribution in [3.63, 3.8) is 0 Å². The number of hydrogen-bond donors (Lipinski definition) is 1. The van der Waals surface area contributed by atoms with Crippen molar-refractivity contribution < 1.29 is 28.9 Å². The SMILES string of the molecule is O=C(O)Cc1cccc(OCCCN2C(=O)C(=Cc3cc(-c4cc(Cl)cc(Cl)c4)ccc3OCCN3CCOCC3)SC2=S)c1. The number of amides is 1. The molecule has 2 aliphatic rings. The van der Waals surface area contributed by atoms with Gasteiger partial charge in [-0.1, -0.05) is 65.4 Å². The molecular weight excluding hydrogens is 655 g/mol. The third-order valence-corrected chi connectivity index (χ3v) is 9.00. The number of carbonyl (C=O) groups excluding carboxylic acids is 1. The minimum absolute atomic E-state index is 0.0730. The van der Waals surface area contributed by atoms with Gasteiger partial charge in [0.15, 0.2) is 0 Å². The molecule has 1 amide bonds. The number of hydrogen-bond acceptors (Lipinski definition) is 8. The van der Waals surface area contributed by atoms with Gasteiger partial charge >= 0.3 is 5.97 Å². The van der Waals surface area contributed by atoms with Crippen molar-refractivity contribution in [1.82, 2.24) is 9.80 Å². The average Bonchev–Trinajstić information content (AvgIpc) is 3.27. The number of morpholine rings is 1. The molecule has 2 saturated heterocycles. The Morgan fingerprint density at radius 2 is 1.76 bits per heavy atom. The summed E-state index contributed by atoms with van der Waals surface area (Å²) >= 11 is 19.4. The quantitative estimate of drug-likeness (QED) is 0.120. The average molecular weight is 688 g/mol. The Kier molecular flexibility index (Phi) is 11.8. The van der Waals surface area contributed by atoms with Crippen LogP contribution >= 0.6 is 47.2 Å². The second kappa shape index (κ2) is 15.9. The number of thioether (sulfide) groups is 1. The van der Waals surface area contributed by atoms with Crippen LogP contribution in [0.15, 0.2) is 65.6 Å². The number of thiocarbonyl (C=S) groups is 1. The van der Waals surface area contributed by atoms with Crippen LogP contribution in [0.25, 0.3) is 17.2 Å². The van der Waals surface area contributed by atoms with Crippen LogP contribution in [0.4, 0.5) is 0 Å². The summed E-state index contributed by atoms with van der Waals surface area (Å²) in [6.45, 7) is 5.17. The Morgan fingerprint density at radius 3 is 2.51 bits per heavy atom. The molecule has 12 heteroatoms. The van der Waals surface area contributed by atoms with Crippen LogP contribution in [0.2, 0.25) is 10.0 Å². The minimum atomic E-state index is -0.901. The summed E-state index contributed by atoms with van der Waals surface area (Å²) < 4.78 is 18.0. The molecule has 3 aromatic rings. The monoisotopic (exact) mass is 686 g/mol. The summed E-state index contributed by atoms with van der Waals surface area (Å²) in [6, 6.07) is 18.2. The van der Waals surface area contributed by atoms with Gasteiger partial charge < -0.3 is 19.3 Å². The molecule has 236 valence electrons. The van der Waals surface area contributed by atoms with E-state index in [-0.39, 0.29) is 12.3 Å². The van der Waals surface area contributed by atoms with E-state index in [1.165, 1.54) is 11.8 Å². The van der Waals surface area contributed by atoms with Gasteiger partial charge in [-0.15, -0.1) is 0 Å². The van der Waals surface area contributed by atoms with Gasteiger partial charge in [0, 0.05) is 41.8 Å². The fraction of sp³-hybridized carbons (Fsp3) is 0.303. The first-order chi connectivity index (χ1) is 21.7. The highest BCUT2D eigenvalue weighted by atomic mass is 35.5. The van der Waals surface area contributed by atoms with Gasteiger partial charge in [0.2, 0.25) is 0 Å². The largest absolute Gasteiger partial charge is 0.494 e. The van der Waals surface area contributed by atoms with E-state index in [0.717, 1.165) is 49.5 Å². The maximum Gasteiger partial charge on any atom is 0.307 e. The molecule has 0 bridgehead atoms. The van der Waals surface area contributed by atoms with E-state index in [2.05, 4.69) is 4.90 Å². The molecule has 2 fully saturated rings. The fourth-order valence-corrected chi connectivity index (χ4v) is 6.79. The van der Waals surface area contributed by atoms with Gasteiger partial charge in [-0.25, -0.2) is 0 Å². The van der Waals surface area contributed by atoms with Crippen LogP contribution in [0.3, 0.4) is 0 Å². The number of rotatable bonds is 13. The van der Waals surface area contributed by atoms with E-state index in [4.69, 9.17) is 54.7 Å². The van der Waals surface area contributed by atoms with E-state index >= 15 is 0 Å². The van der Waals surface area contributed by atoms with Crippen LogP contribution in [-0.2, 0) is 20.7 Å². The van der Waals surface area contributed by atoms with Crippen molar-refractivity contribution in [1.29, 1.82) is 0 Å². The van der Waals surface area contributed by atoms with Crippen molar-refractivity contribution in [2.45, 2.75) is 12.8 Å². The summed E-state index contributed by atoms with van der Waals surface area (Å²) in [4.78, 5) is 28.8. The summed E-state index contributed by atoms with van der Waals surface area (Å²) in [5.41, 5.74) is 3.14. The molecule has 45 heavy (non-hydrogen) atoms. The molecule has 0 saturated carbocycles. The predicted molar refractivity (Wildman–Crippen MR) is 182 cm³/mol. The van der Waals surface area contributed by atoms with Crippen molar-refractivity contribution in [3.8, 4) is 22.6 Å². The van der Waals surface area contributed by atoms with Crippen LogP contribution in [-0.4, -0.2) is 83.7 Å². The molecule has 2 aliphatic heterocycles. The number of ether oxygens (including phenoxy) is 3. The molecule has 0 unspecified atom stereocenters. The number of aliphatic carboxylic acids is 1. The molecule has 0 atom stereocenters. The highest BCUT2D eigenvalue weighted by molar-refractivity contribution is 8.26. The molecule has 0 aromatic heterocycles. The Labute approximate surface area is 281 Å². The highest BCUT2D eigenvalue weighted by Crippen LogP contribution is 2.37. The van der Waals surface area contributed by atoms with E-state index in [0.29, 0.717) is 62.5 Å². The molecule has 8 nitrogen and oxygen atoms in total. The first-order valence-corrected chi connectivity index (χ1v) is 16.5. The third kappa shape index (κ3) is 9.45. The molecule has 0 radical (unpaired) electrons. The molecule has 3 aromatic carbocycles. The smallest absolute Gasteiger partial charge is 0.307 e. The molecule has 2 heterocycles. The lowest BCUT2D eigenvalue weighted by molar-refractivity contribution is -0.136. The van der Waals surface area contributed by atoms with Crippen LogP contribution in [0, 0.1) is 0 Å². The van der Waals surface area contributed by atoms with E-state index < -0.39 is 5.97 Å². The lowest BCUT2D eigenvalue weighted by Gasteiger charge is -2.26. The normalized spacial score (nSPS) is 16.4. The zero-order valence-corrected chi connectivity index (χ0v) is 27.5. The van der Waals surface area contributed by atoms with Crippen molar-refractivity contribution in [2.24, 2.45) is 0 Å². The zero-order valence-electron chi connectivity index (χ0n) is 24.4. The maximum absolute atomic E-state index is 13.5. The van der Waals surface area contributed by atoms with Crippen molar-refractivity contribution in [2.75, 3.05) is 52.6 Å². The third-order valence-electron chi connectivity index (χ3n) is 7.18. The van der Waals surface area contributed by atoms with Gasteiger partial charge in [0.1, 0.15) is 22.4 Å². The molecule has 0 aliphatic carbocycles. The van der Waals surface area contributed by atoms with E-state index in [1.54, 1.807) is 35.2 Å². The lowest BCUT2D eigenvalue weighted by Crippen LogP contribution is -2.38. The van der Waals surface area contributed by atoms with Gasteiger partial charge in [-0.2, -0.15) is 0 Å². The Balaban J connectivity index is 1.28. The zero-order chi connectivity index (χ0) is 31.8. The summed E-state index contributed by atoms with van der Waals surface area (Å²) in [7, 11) is 0. The Bertz CT molecular complexity index is 1570. The standard InChI is InChI=1S/C33H32Cl2N2O6S2/c34-26-18-24(19-27(35)21-26)23-5-6-29(43-14-10-36-8-12-41-13-9-36)25(17-23)20-30-32(40)37(33(44)45-30)7-2-11-42-28-4-1-3-22(15-28)16-31(38)39/h1,3-6,15,17-21H,2,7-14,16H2,(H,38,39). The number of benzene rings is 3. The fourth-order valence-electron chi connectivity index (χ4n) is 4.97. The summed E-state index contributed by atoms with van der Waals surface area (Å²) in [5, 5.41) is 10.1. The van der Waals surface area contributed by atoms with Gasteiger partial charge in [0.25, 0.3) is 5.91 Å². The second-order valence-corrected chi connectivity index (χ2v) is 13.0. The number of nitrogens with zero attached hydrogens (tertiary/aromatic N) is 2. The topological polar surface area (TPSA) is 88.5 Å². The van der Waals surface area contributed by atoms with Gasteiger partial charge in [0.05, 0.1) is 31.1 Å². The van der Waals surface area contributed by atoms with Gasteiger partial charge in [-0.3, -0.25) is 19.4 Å². The van der Waals surface area contributed by atoms with Crippen molar-refractivity contribution >= 4 is 69.5 Å². The highest BCUT2D eigenvalue weighted by Gasteiger charge is 2.32. The Morgan fingerprint density at radius 1 is 0.978 bits per heavy atom. The van der Waals surface area contributed by atoms with E-state index in [9.17, 15) is 9.59 Å². The first kappa shape index (κ1) is 33.2. The molecule has 1 N–H and O–H groups in total. The lowest BCUT2D eigenvalue weighted by atomic mass is 10.0. The van der Waals surface area contributed by atoms with Crippen LogP contribution < -0.4 is 9.47 Å². The van der Waals surface area contributed by atoms with Crippen molar-refractivity contribution in [3.05, 3.63) is 86.7 Å². The summed E-state index contributed by atoms with van der Waals surface area (Å²) in [6.07, 6.45) is 2.30. The molecule has 5 rings (SSSR count). The number of carbonyl (C=O) groups is 2. The summed E-state index contributed by atoms with van der Waals surface area (Å²) in [5.74, 6) is 0.163. The van der Waals surface area contributed by atoms with E-state index in [1.807, 2.05) is 36.4 Å². The number of halogens is 2. The minimum Gasteiger partial charge on any atom is -0.494 e. The van der Waals surface area contributed by atoms with Crippen LogP contribution in [0.1, 0.15) is 17.5 Å². The van der Waals surface area contributed by atoms with Gasteiger partial charge in [-0.05, 0) is 71.7 Å². The number of carboxylic acids is 1. The number of carboxylic acid groups (broad SMARTS) is 1. The maximum atomic E-state index is 13.5. The molecular formula is C33H32Cl2N2O6S2. The first-order valence-electron chi connectivity index (χ1n) is 14.5. The predicted octanol–water partition coefficient (Wildman–Crippen LogP) is 6.67. The van der Waals surface area contributed by atoms with Crippen LogP contribution in [0.5, 0.6) is 11.5 Å². The molecule has 0 spiro atoms.